The van der Waals surface area contributed by atoms with Gasteiger partial charge in [-0.1, -0.05) is 143 Å². The van der Waals surface area contributed by atoms with Gasteiger partial charge in [-0.25, -0.2) is 12.1 Å². The van der Waals surface area contributed by atoms with Crippen LogP contribution in [0.4, 0.5) is 0 Å². The van der Waals surface area contributed by atoms with Crippen LogP contribution in [0.25, 0.3) is 0 Å². The number of aryl methyl sites for hydroxylation is 4. The van der Waals surface area contributed by atoms with Crippen LogP contribution in [0.2, 0.25) is 12.1 Å². The van der Waals surface area contributed by atoms with E-state index in [4.69, 9.17) is 0 Å². The summed E-state index contributed by atoms with van der Waals surface area (Å²) in [4.78, 5) is 0. The van der Waals surface area contributed by atoms with E-state index >= 15 is 0 Å². The van der Waals surface area contributed by atoms with Crippen LogP contribution in [0.5, 0.6) is 11.5 Å². The summed E-state index contributed by atoms with van der Waals surface area (Å²) in [5.41, 5.74) is 10.9. The minimum Gasteiger partial charge on any atom is -0.508 e. The number of aromatic hydroxyl groups is 2. The van der Waals surface area contributed by atoms with Crippen LogP contribution in [0.15, 0.2) is 72.8 Å². The van der Waals surface area contributed by atoms with E-state index in [1.807, 2.05) is 38.1 Å². The van der Waals surface area contributed by atoms with Gasteiger partial charge in [-0.05, 0) is 47.9 Å². The average Bonchev–Trinajstić information content (AvgIpc) is 3.64. The molecule has 0 spiro atoms. The second-order valence-electron chi connectivity index (χ2n) is 17.7. The van der Waals surface area contributed by atoms with Gasteiger partial charge in [-0.15, -0.1) is 0 Å². The van der Waals surface area contributed by atoms with Gasteiger partial charge in [0.2, 0.25) is 0 Å². The fraction of sp³-hybridized carbons (Fsp3) is 0.522. The summed E-state index contributed by atoms with van der Waals surface area (Å²) in [5.74, 6) is 0.793. The summed E-state index contributed by atoms with van der Waals surface area (Å²) in [6.07, 6.45) is 0. The number of phenols is 2. The minimum atomic E-state index is 0.0239. The largest absolute Gasteiger partial charge is 0.508 e. The molecule has 0 radical (unpaired) electrons. The van der Waals surface area contributed by atoms with E-state index in [9.17, 15) is 10.2 Å². The van der Waals surface area contributed by atoms with Crippen molar-refractivity contribution in [3.63, 3.8) is 0 Å². The molecule has 4 rings (SSSR count). The van der Waals surface area contributed by atoms with E-state index < -0.39 is 0 Å². The van der Waals surface area contributed by atoms with E-state index in [0.29, 0.717) is 22.3 Å². The van der Waals surface area contributed by atoms with Crippen molar-refractivity contribution in [1.29, 1.82) is 0 Å². The molecule has 0 aliphatic rings. The molecule has 4 heteroatoms. The number of rotatable bonds is 2. The second kappa shape index (κ2) is 20.8. The Morgan fingerprint density at radius 3 is 0.960 bits per heavy atom. The fourth-order valence-corrected chi connectivity index (χ4v) is 5.31. The third-order valence-corrected chi connectivity index (χ3v) is 15.2. The summed E-state index contributed by atoms with van der Waals surface area (Å²) in [5, 5.41) is 19.1. The Morgan fingerprint density at radius 1 is 0.520 bits per heavy atom. The molecule has 0 atom stereocenters. The van der Waals surface area contributed by atoms with Gasteiger partial charge in [0.05, 0.1) is 0 Å². The van der Waals surface area contributed by atoms with Gasteiger partial charge in [0.15, 0.2) is 0 Å². The molecule has 0 amide bonds. The number of hydrogen-bond acceptors (Lipinski definition) is 2. The molecule has 0 heterocycles. The van der Waals surface area contributed by atoms with Gasteiger partial charge in [0.25, 0.3) is 0 Å². The van der Waals surface area contributed by atoms with Gasteiger partial charge < -0.3 is 10.2 Å². The molecule has 276 valence electrons. The van der Waals surface area contributed by atoms with Gasteiger partial charge in [0, 0.05) is 0 Å². The van der Waals surface area contributed by atoms with E-state index in [1.165, 1.54) is 45.5 Å². The Kier molecular flexibility index (Phi) is 19.9. The molecule has 0 saturated carbocycles. The Morgan fingerprint density at radius 2 is 0.820 bits per heavy atom. The molecule has 0 fully saturated rings. The SMILES string of the molecule is CC[Si](=[Zr+2])CC.Cc1cc(C(C)(C)C)c[cH-]1.Cc1cc(C(C)(C)C)c[cH-]1.Cc1ccc(O)c(C(C)(C)C)c1.Cc1ccc(O)c(C(C)(C)C)c1. The zero-order valence-corrected chi connectivity index (χ0v) is 38.7. The molecule has 0 bridgehead atoms. The fourth-order valence-electron chi connectivity index (χ4n) is 4.81. The van der Waals surface area contributed by atoms with Crippen molar-refractivity contribution >= 4 is 5.43 Å². The van der Waals surface area contributed by atoms with Crippen LogP contribution in [-0.2, 0) is 45.0 Å². The number of hydrogen-bond donors (Lipinski definition) is 2. The smallest absolute Gasteiger partial charge is 0.119 e. The maximum absolute atomic E-state index is 9.57. The van der Waals surface area contributed by atoms with Crippen LogP contribution >= 0.6 is 0 Å². The van der Waals surface area contributed by atoms with E-state index in [2.05, 4.69) is 147 Å². The molecule has 2 N–H and O–H groups in total. The Balaban J connectivity index is 0.000000610. The second-order valence-corrected chi connectivity index (χ2v) is 25.5. The summed E-state index contributed by atoms with van der Waals surface area (Å²) < 4.78 is 0. The van der Waals surface area contributed by atoms with Crippen LogP contribution in [0.1, 0.15) is 141 Å². The standard InChI is InChI=1S/2C11H16O.2C10H15.C4H10Si.Zr/c2*1-8-5-6-10(12)9(7-8)11(2,3)4;2*1-8-5-6-9(7-8)10(2,3)4;1-3-5-4-2;/h2*5-7,12H,1-4H3;2*5-7H,1-4H3;3-4H2,1-2H3;/q;;2*-1;;+2. The van der Waals surface area contributed by atoms with Crippen molar-refractivity contribution in [1.82, 2.24) is 0 Å². The van der Waals surface area contributed by atoms with Crippen molar-refractivity contribution in [2.45, 2.75) is 158 Å². The monoisotopic (exact) mass is 774 g/mol. The number of phenolic OH excluding ortho intramolecular Hbond substituents is 2. The average molecular weight is 776 g/mol. The summed E-state index contributed by atoms with van der Waals surface area (Å²) in [7, 11) is 0. The third kappa shape index (κ3) is 18.9. The first-order valence-corrected chi connectivity index (χ1v) is 23.9. The quantitative estimate of drug-likeness (QED) is 0.157. The number of benzene rings is 2. The zero-order valence-electron chi connectivity index (χ0n) is 35.2. The normalized spacial score (nSPS) is 11.4. The summed E-state index contributed by atoms with van der Waals surface area (Å²) in [6.45, 7) is 39.0. The van der Waals surface area contributed by atoms with Gasteiger partial charge in [-0.2, -0.15) is 46.5 Å². The molecule has 2 nitrogen and oxygen atoms in total. The molecule has 4 aromatic carbocycles. The topological polar surface area (TPSA) is 40.5 Å². The molecule has 0 aromatic heterocycles. The third-order valence-electron chi connectivity index (χ3n) is 8.32. The molecule has 0 unspecified atom stereocenters. The van der Waals surface area contributed by atoms with Crippen molar-refractivity contribution in [3.8, 4) is 11.5 Å². The first-order valence-electron chi connectivity index (χ1n) is 18.3. The molecule has 0 aliphatic carbocycles. The minimum absolute atomic E-state index is 0.0239. The van der Waals surface area contributed by atoms with Crippen molar-refractivity contribution in [3.05, 3.63) is 117 Å². The first-order chi connectivity index (χ1) is 22.6. The van der Waals surface area contributed by atoms with Crippen LogP contribution in [0, 0.1) is 27.7 Å². The summed E-state index contributed by atoms with van der Waals surface area (Å²) >= 11 is 1.80. The zero-order chi connectivity index (χ0) is 39.3. The predicted molar refractivity (Wildman–Crippen MR) is 221 cm³/mol. The van der Waals surface area contributed by atoms with E-state index in [1.54, 1.807) is 35.5 Å². The van der Waals surface area contributed by atoms with Crippen molar-refractivity contribution in [2.75, 3.05) is 0 Å². The molecule has 0 aliphatic heterocycles. The maximum atomic E-state index is 9.57. The molecule has 0 saturated heterocycles. The summed E-state index contributed by atoms with van der Waals surface area (Å²) in [6, 6.07) is 27.6. The molecule has 50 heavy (non-hydrogen) atoms. The Bertz CT molecular complexity index is 1460. The predicted octanol–water partition coefficient (Wildman–Crippen LogP) is 13.6. The van der Waals surface area contributed by atoms with Crippen LogP contribution in [0.3, 0.4) is 0 Å². The van der Waals surface area contributed by atoms with E-state index in [-0.39, 0.29) is 16.3 Å². The molecular formula is C46H72O2SiZr. The molecular weight excluding hydrogens is 704 g/mol. The van der Waals surface area contributed by atoms with Crippen molar-refractivity contribution in [2.24, 2.45) is 0 Å². The molecule has 4 aromatic rings. The van der Waals surface area contributed by atoms with Gasteiger partial charge in [-0.3, -0.25) is 0 Å². The van der Waals surface area contributed by atoms with Gasteiger partial charge in [0.1, 0.15) is 11.5 Å². The van der Waals surface area contributed by atoms with E-state index in [0.717, 1.165) is 11.1 Å². The van der Waals surface area contributed by atoms with Crippen LogP contribution in [-0.4, -0.2) is 15.6 Å². The van der Waals surface area contributed by atoms with Crippen LogP contribution < -0.4 is 0 Å². The maximum Gasteiger partial charge on any atom is 0.119 e. The van der Waals surface area contributed by atoms with Crippen molar-refractivity contribution < 1.29 is 33.5 Å². The Hall–Kier alpha value is -2.16. The Labute approximate surface area is 324 Å². The first kappa shape index (κ1) is 47.8. The van der Waals surface area contributed by atoms with Gasteiger partial charge >= 0.3 is 54.7 Å².